The number of amides is 1. The number of anilines is 1. The number of hydrogen-bond donors (Lipinski definition) is 1. The lowest BCUT2D eigenvalue weighted by Crippen LogP contribution is -2.43. The molecule has 0 aromatic heterocycles. The Hall–Kier alpha value is -2.32. The van der Waals surface area contributed by atoms with Crippen LogP contribution in [0.2, 0.25) is 0 Å². The number of nitro groups is 1. The fourth-order valence-electron chi connectivity index (χ4n) is 2.68. The Morgan fingerprint density at radius 2 is 1.92 bits per heavy atom. The average molecular weight is 345 g/mol. The van der Waals surface area contributed by atoms with Gasteiger partial charge in [0.05, 0.1) is 16.5 Å². The summed E-state index contributed by atoms with van der Waals surface area (Å²) in [6, 6.07) is 2.06. The molecule has 6 nitrogen and oxygen atoms in total. The molecule has 1 saturated heterocycles. The van der Waals surface area contributed by atoms with Gasteiger partial charge in [0.1, 0.15) is 0 Å². The summed E-state index contributed by atoms with van der Waals surface area (Å²) in [6.45, 7) is 5.82. The van der Waals surface area contributed by atoms with Crippen LogP contribution in [-0.4, -0.2) is 33.9 Å². The first-order valence-corrected chi connectivity index (χ1v) is 7.32. The molecular weight excluding hydrogens is 327 g/mol. The number of rotatable bonds is 3. The van der Waals surface area contributed by atoms with Crippen molar-refractivity contribution in [2.24, 2.45) is 0 Å². The van der Waals surface area contributed by atoms with Crippen molar-refractivity contribution in [2.45, 2.75) is 44.9 Å². The minimum Gasteiger partial charge on any atom is -0.380 e. The Bertz CT molecular complexity index is 668. The van der Waals surface area contributed by atoms with Crippen molar-refractivity contribution in [2.75, 3.05) is 11.9 Å². The monoisotopic (exact) mass is 345 g/mol. The lowest BCUT2D eigenvalue weighted by molar-refractivity contribution is -0.385. The Balaban J connectivity index is 2.27. The number of hydrogen-bond acceptors (Lipinski definition) is 4. The van der Waals surface area contributed by atoms with Gasteiger partial charge in [-0.25, -0.2) is 0 Å². The summed E-state index contributed by atoms with van der Waals surface area (Å²) in [4.78, 5) is 23.4. The number of likely N-dealkylation sites (tertiary alicyclic amines) is 1. The quantitative estimate of drug-likeness (QED) is 0.673. The van der Waals surface area contributed by atoms with Crippen LogP contribution in [0.25, 0.3) is 0 Å². The van der Waals surface area contributed by atoms with E-state index < -0.39 is 33.9 Å². The van der Waals surface area contributed by atoms with Crippen LogP contribution >= 0.6 is 0 Å². The van der Waals surface area contributed by atoms with Crippen LogP contribution in [0.3, 0.4) is 0 Å². The molecule has 1 amide bonds. The number of halogens is 3. The van der Waals surface area contributed by atoms with Gasteiger partial charge >= 0.3 is 6.18 Å². The van der Waals surface area contributed by atoms with E-state index in [2.05, 4.69) is 5.32 Å². The summed E-state index contributed by atoms with van der Waals surface area (Å²) in [5.74, 6) is -0.143. The summed E-state index contributed by atoms with van der Waals surface area (Å²) in [7, 11) is 0. The van der Waals surface area contributed by atoms with Crippen molar-refractivity contribution in [1.82, 2.24) is 4.90 Å². The molecule has 1 N–H and O–H groups in total. The van der Waals surface area contributed by atoms with Crippen LogP contribution in [0.4, 0.5) is 24.5 Å². The fourth-order valence-corrected chi connectivity index (χ4v) is 2.68. The van der Waals surface area contributed by atoms with Gasteiger partial charge in [-0.1, -0.05) is 0 Å². The number of nitrogens with one attached hydrogen (secondary N) is 1. The molecule has 0 bridgehead atoms. The second-order valence-corrected chi connectivity index (χ2v) is 6.71. The molecule has 1 aliphatic rings. The number of non-ortho nitro benzene ring substituents is 1. The van der Waals surface area contributed by atoms with Gasteiger partial charge in [-0.15, -0.1) is 0 Å². The summed E-state index contributed by atoms with van der Waals surface area (Å²) in [5.41, 5.74) is -2.43. The molecule has 1 aromatic carbocycles. The first kappa shape index (κ1) is 18.0. The zero-order valence-corrected chi connectivity index (χ0v) is 13.5. The van der Waals surface area contributed by atoms with Crippen LogP contribution in [0.15, 0.2) is 18.2 Å². The summed E-state index contributed by atoms with van der Waals surface area (Å²) in [6.07, 6.45) is -4.66. The third-order valence-corrected chi connectivity index (χ3v) is 3.81. The SMILES string of the molecule is CC(C)(C)N1CC(Nc2ccc([N+](=O)[O-])cc2C(F)(F)F)CC1=O. The van der Waals surface area contributed by atoms with E-state index in [1.54, 1.807) is 4.90 Å². The molecule has 24 heavy (non-hydrogen) atoms. The highest BCUT2D eigenvalue weighted by molar-refractivity contribution is 5.81. The van der Waals surface area contributed by atoms with Gasteiger partial charge in [-0.05, 0) is 26.8 Å². The van der Waals surface area contributed by atoms with E-state index in [9.17, 15) is 28.1 Å². The standard InChI is InChI=1S/C15H18F3N3O3/c1-14(2,3)20-8-9(6-13(20)22)19-12-5-4-10(21(23)24)7-11(12)15(16,17)18/h4-5,7,9,19H,6,8H2,1-3H3. The maximum Gasteiger partial charge on any atom is 0.418 e. The molecule has 1 fully saturated rings. The topological polar surface area (TPSA) is 75.5 Å². The third-order valence-electron chi connectivity index (χ3n) is 3.81. The van der Waals surface area contributed by atoms with Crippen molar-refractivity contribution in [3.8, 4) is 0 Å². The van der Waals surface area contributed by atoms with Gasteiger partial charge in [0.2, 0.25) is 5.91 Å². The van der Waals surface area contributed by atoms with Crippen LogP contribution in [-0.2, 0) is 11.0 Å². The zero-order chi connectivity index (χ0) is 18.3. The summed E-state index contributed by atoms with van der Waals surface area (Å²) in [5, 5.41) is 13.4. The maximum absolute atomic E-state index is 13.2. The Morgan fingerprint density at radius 3 is 2.38 bits per heavy atom. The molecule has 1 aromatic rings. The lowest BCUT2D eigenvalue weighted by atomic mass is 10.1. The Morgan fingerprint density at radius 1 is 1.29 bits per heavy atom. The van der Waals surface area contributed by atoms with Crippen molar-refractivity contribution < 1.29 is 22.9 Å². The smallest absolute Gasteiger partial charge is 0.380 e. The molecule has 1 heterocycles. The number of benzene rings is 1. The highest BCUT2D eigenvalue weighted by Crippen LogP contribution is 2.38. The second-order valence-electron chi connectivity index (χ2n) is 6.71. The third kappa shape index (κ3) is 3.77. The van der Waals surface area contributed by atoms with Crippen molar-refractivity contribution in [3.63, 3.8) is 0 Å². The maximum atomic E-state index is 13.2. The minimum absolute atomic E-state index is 0.0750. The number of carbonyl (C=O) groups excluding carboxylic acids is 1. The first-order valence-electron chi connectivity index (χ1n) is 7.32. The summed E-state index contributed by atoms with van der Waals surface area (Å²) >= 11 is 0. The van der Waals surface area contributed by atoms with Gasteiger partial charge in [-0.2, -0.15) is 13.2 Å². The molecular formula is C15H18F3N3O3. The highest BCUT2D eigenvalue weighted by Gasteiger charge is 2.39. The highest BCUT2D eigenvalue weighted by atomic mass is 19.4. The summed E-state index contributed by atoms with van der Waals surface area (Å²) < 4.78 is 39.5. The van der Waals surface area contributed by atoms with E-state index in [1.165, 1.54) is 0 Å². The van der Waals surface area contributed by atoms with E-state index >= 15 is 0 Å². The number of carbonyl (C=O) groups is 1. The van der Waals surface area contributed by atoms with Crippen LogP contribution in [0.5, 0.6) is 0 Å². The molecule has 0 aliphatic carbocycles. The van der Waals surface area contributed by atoms with Gasteiger partial charge in [0, 0.05) is 36.3 Å². The Kier molecular flexibility index (Phi) is 4.47. The first-order chi connectivity index (χ1) is 10.9. The molecule has 1 atom stereocenters. The van der Waals surface area contributed by atoms with Crippen molar-refractivity contribution in [3.05, 3.63) is 33.9 Å². The van der Waals surface area contributed by atoms with Crippen LogP contribution in [0.1, 0.15) is 32.8 Å². The molecule has 132 valence electrons. The Labute approximate surface area is 136 Å². The fraction of sp³-hybridized carbons (Fsp3) is 0.533. The average Bonchev–Trinajstić information content (AvgIpc) is 2.78. The van der Waals surface area contributed by atoms with E-state index in [0.29, 0.717) is 6.07 Å². The molecule has 0 spiro atoms. The van der Waals surface area contributed by atoms with E-state index in [0.717, 1.165) is 12.1 Å². The van der Waals surface area contributed by atoms with Gasteiger partial charge in [0.25, 0.3) is 5.69 Å². The van der Waals surface area contributed by atoms with E-state index in [-0.39, 0.29) is 24.6 Å². The van der Waals surface area contributed by atoms with E-state index in [4.69, 9.17) is 0 Å². The molecule has 9 heteroatoms. The lowest BCUT2D eigenvalue weighted by Gasteiger charge is -2.32. The molecule has 1 aliphatic heterocycles. The van der Waals surface area contributed by atoms with Gasteiger partial charge in [0.15, 0.2) is 0 Å². The van der Waals surface area contributed by atoms with Crippen molar-refractivity contribution in [1.29, 1.82) is 0 Å². The predicted molar refractivity (Wildman–Crippen MR) is 81.6 cm³/mol. The van der Waals surface area contributed by atoms with Gasteiger partial charge < -0.3 is 10.2 Å². The molecule has 0 saturated carbocycles. The number of alkyl halides is 3. The number of nitrogens with zero attached hydrogens (tertiary/aromatic N) is 2. The molecule has 2 rings (SSSR count). The van der Waals surface area contributed by atoms with Crippen molar-refractivity contribution >= 4 is 17.3 Å². The predicted octanol–water partition coefficient (Wildman–Crippen LogP) is 3.42. The van der Waals surface area contributed by atoms with Crippen LogP contribution < -0.4 is 5.32 Å². The molecule has 1 unspecified atom stereocenters. The number of nitro benzene ring substituents is 1. The van der Waals surface area contributed by atoms with Gasteiger partial charge in [-0.3, -0.25) is 14.9 Å². The normalized spacial score (nSPS) is 18.8. The zero-order valence-electron chi connectivity index (χ0n) is 13.5. The van der Waals surface area contributed by atoms with Crippen LogP contribution in [0, 0.1) is 10.1 Å². The second kappa shape index (κ2) is 5.95. The largest absolute Gasteiger partial charge is 0.418 e. The molecule has 0 radical (unpaired) electrons. The van der Waals surface area contributed by atoms with E-state index in [1.807, 2.05) is 20.8 Å². The minimum atomic E-state index is -4.74.